The molecule has 1 heteroatoms. The third-order valence-corrected chi connectivity index (χ3v) is 1.88. The van der Waals surface area contributed by atoms with Crippen LogP contribution in [0.5, 0.6) is 0 Å². The van der Waals surface area contributed by atoms with Gasteiger partial charge in [0.2, 0.25) is 0 Å². The van der Waals surface area contributed by atoms with Crippen molar-refractivity contribution in [1.82, 2.24) is 0 Å². The molecule has 1 rings (SSSR count). The first-order chi connectivity index (χ1) is 6.33. The average molecular weight is 174 g/mol. The molecule has 0 spiro atoms. The molecule has 0 unspecified atom stereocenters. The second kappa shape index (κ2) is 5.31. The van der Waals surface area contributed by atoms with E-state index < -0.39 is 0 Å². The first-order valence-electron chi connectivity index (χ1n) is 4.50. The van der Waals surface area contributed by atoms with E-state index in [0.29, 0.717) is 12.3 Å². The Balaban J connectivity index is 2.53. The highest BCUT2D eigenvalue weighted by Gasteiger charge is 1.93. The number of hydrogen-bond donors (Lipinski definition) is 0. The summed E-state index contributed by atoms with van der Waals surface area (Å²) < 4.78 is 0. The molecule has 1 atom stereocenters. The van der Waals surface area contributed by atoms with E-state index in [1.165, 1.54) is 5.56 Å². The summed E-state index contributed by atoms with van der Waals surface area (Å²) in [6.45, 7) is 2.04. The zero-order chi connectivity index (χ0) is 9.52. The Kier molecular flexibility index (Phi) is 3.97. The maximum atomic E-state index is 10.2. The molecule has 0 aliphatic carbocycles. The van der Waals surface area contributed by atoms with E-state index >= 15 is 0 Å². The van der Waals surface area contributed by atoms with E-state index in [1.807, 2.05) is 43.3 Å². The molecule has 0 aliphatic heterocycles. The van der Waals surface area contributed by atoms with Crippen LogP contribution in [-0.4, -0.2) is 6.29 Å². The van der Waals surface area contributed by atoms with Gasteiger partial charge in [0.1, 0.15) is 6.29 Å². The molecule has 0 amide bonds. The van der Waals surface area contributed by atoms with E-state index in [9.17, 15) is 4.79 Å². The van der Waals surface area contributed by atoms with Gasteiger partial charge in [-0.1, -0.05) is 49.4 Å². The van der Waals surface area contributed by atoms with E-state index in [1.54, 1.807) is 0 Å². The van der Waals surface area contributed by atoms with Crippen molar-refractivity contribution >= 4 is 12.4 Å². The van der Waals surface area contributed by atoms with Crippen LogP contribution in [0.25, 0.3) is 6.08 Å². The van der Waals surface area contributed by atoms with Crippen LogP contribution in [0.4, 0.5) is 0 Å². The number of rotatable bonds is 4. The second-order valence-electron chi connectivity index (χ2n) is 3.15. The van der Waals surface area contributed by atoms with Crippen molar-refractivity contribution in [2.45, 2.75) is 13.3 Å². The van der Waals surface area contributed by atoms with E-state index in [2.05, 4.69) is 6.08 Å². The second-order valence-corrected chi connectivity index (χ2v) is 3.15. The van der Waals surface area contributed by atoms with Crippen LogP contribution in [0.2, 0.25) is 0 Å². The van der Waals surface area contributed by atoms with Crippen LogP contribution in [0.1, 0.15) is 18.9 Å². The fourth-order valence-corrected chi connectivity index (χ4v) is 1.07. The molecule has 0 radical (unpaired) electrons. The van der Waals surface area contributed by atoms with E-state index in [-0.39, 0.29) is 0 Å². The van der Waals surface area contributed by atoms with Crippen LogP contribution in [0, 0.1) is 5.92 Å². The lowest BCUT2D eigenvalue weighted by atomic mass is 10.1. The van der Waals surface area contributed by atoms with Crippen molar-refractivity contribution in [2.24, 2.45) is 5.92 Å². The highest BCUT2D eigenvalue weighted by atomic mass is 16.1. The van der Waals surface area contributed by atoms with Gasteiger partial charge in [-0.2, -0.15) is 0 Å². The molecule has 1 nitrogen and oxygen atoms in total. The maximum absolute atomic E-state index is 10.2. The van der Waals surface area contributed by atoms with Crippen molar-refractivity contribution in [2.75, 3.05) is 0 Å². The Morgan fingerprint density at radius 1 is 1.31 bits per heavy atom. The topological polar surface area (TPSA) is 17.1 Å². The van der Waals surface area contributed by atoms with Gasteiger partial charge in [-0.25, -0.2) is 0 Å². The zero-order valence-electron chi connectivity index (χ0n) is 7.81. The molecule has 0 fully saturated rings. The van der Waals surface area contributed by atoms with Crippen molar-refractivity contribution in [3.8, 4) is 0 Å². The van der Waals surface area contributed by atoms with Gasteiger partial charge in [0, 0.05) is 6.42 Å². The van der Waals surface area contributed by atoms with Crippen molar-refractivity contribution in [3.05, 3.63) is 42.0 Å². The molecule has 0 saturated carbocycles. The fraction of sp³-hybridized carbons (Fsp3) is 0.250. The quantitative estimate of drug-likeness (QED) is 0.641. The van der Waals surface area contributed by atoms with Crippen LogP contribution >= 0.6 is 0 Å². The molecule has 0 aliphatic rings. The molecule has 0 heterocycles. The Bertz CT molecular complexity index is 274. The fourth-order valence-electron chi connectivity index (χ4n) is 1.07. The summed E-state index contributed by atoms with van der Waals surface area (Å²) >= 11 is 0. The summed E-state index contributed by atoms with van der Waals surface area (Å²) in [6.07, 6.45) is 5.67. The molecule has 0 saturated heterocycles. The highest BCUT2D eigenvalue weighted by Crippen LogP contribution is 2.06. The number of carbonyl (C=O) groups excluding carboxylic acids is 1. The van der Waals surface area contributed by atoms with Crippen LogP contribution in [0.3, 0.4) is 0 Å². The smallest absolute Gasteiger partial charge is 0.120 e. The number of allylic oxidation sites excluding steroid dienone is 1. The summed E-state index contributed by atoms with van der Waals surface area (Å²) in [6, 6.07) is 10.1. The van der Waals surface area contributed by atoms with E-state index in [4.69, 9.17) is 0 Å². The molecule has 1 aromatic carbocycles. The van der Waals surface area contributed by atoms with Crippen LogP contribution in [0.15, 0.2) is 36.4 Å². The normalized spacial score (nSPS) is 13.0. The minimum Gasteiger partial charge on any atom is -0.303 e. The molecule has 1 aromatic rings. The standard InChI is InChI=1S/C12H14O/c1-11(9-10-13)7-8-12-5-3-2-4-6-12/h2-8,10-11H,9H2,1H3/b8-7+/t11-/m0/s1. The number of benzene rings is 1. The lowest BCUT2D eigenvalue weighted by molar-refractivity contribution is -0.108. The first kappa shape index (κ1) is 9.72. The maximum Gasteiger partial charge on any atom is 0.120 e. The average Bonchev–Trinajstić information content (AvgIpc) is 2.17. The molecule has 68 valence electrons. The monoisotopic (exact) mass is 174 g/mol. The molecule has 0 N–H and O–H groups in total. The van der Waals surface area contributed by atoms with Gasteiger partial charge >= 0.3 is 0 Å². The van der Waals surface area contributed by atoms with E-state index in [0.717, 1.165) is 6.29 Å². The Morgan fingerprint density at radius 2 is 2.00 bits per heavy atom. The number of hydrogen-bond acceptors (Lipinski definition) is 1. The summed E-state index contributed by atoms with van der Waals surface area (Å²) in [4.78, 5) is 10.2. The number of aldehydes is 1. The minimum absolute atomic E-state index is 0.331. The molecular weight excluding hydrogens is 160 g/mol. The third kappa shape index (κ3) is 3.70. The van der Waals surface area contributed by atoms with Crippen molar-refractivity contribution < 1.29 is 4.79 Å². The molecular formula is C12H14O. The summed E-state index contributed by atoms with van der Waals surface area (Å²) in [5.74, 6) is 0.331. The Labute approximate surface area is 79.1 Å². The largest absolute Gasteiger partial charge is 0.303 e. The summed E-state index contributed by atoms with van der Waals surface area (Å²) in [5, 5.41) is 0. The predicted molar refractivity (Wildman–Crippen MR) is 55.3 cm³/mol. The van der Waals surface area contributed by atoms with Gasteiger partial charge in [-0.15, -0.1) is 0 Å². The minimum atomic E-state index is 0.331. The predicted octanol–water partition coefficient (Wildman–Crippen LogP) is 2.92. The third-order valence-electron chi connectivity index (χ3n) is 1.88. The highest BCUT2D eigenvalue weighted by molar-refractivity contribution is 5.53. The van der Waals surface area contributed by atoms with Gasteiger partial charge in [-0.3, -0.25) is 0 Å². The SMILES string of the molecule is C[C@@H](/C=C/c1ccccc1)CC=O. The Hall–Kier alpha value is -1.37. The van der Waals surface area contributed by atoms with Crippen molar-refractivity contribution in [3.63, 3.8) is 0 Å². The van der Waals surface area contributed by atoms with Gasteiger partial charge < -0.3 is 4.79 Å². The van der Waals surface area contributed by atoms with Crippen LogP contribution in [-0.2, 0) is 4.79 Å². The van der Waals surface area contributed by atoms with Gasteiger partial charge in [0.25, 0.3) is 0 Å². The van der Waals surface area contributed by atoms with Crippen LogP contribution < -0.4 is 0 Å². The van der Waals surface area contributed by atoms with Crippen molar-refractivity contribution in [1.29, 1.82) is 0 Å². The van der Waals surface area contributed by atoms with Gasteiger partial charge in [-0.05, 0) is 11.5 Å². The van der Waals surface area contributed by atoms with Gasteiger partial charge in [0.05, 0.1) is 0 Å². The molecule has 0 aromatic heterocycles. The lowest BCUT2D eigenvalue weighted by Gasteiger charge is -1.98. The number of carbonyl (C=O) groups is 1. The van der Waals surface area contributed by atoms with Gasteiger partial charge in [0.15, 0.2) is 0 Å². The summed E-state index contributed by atoms with van der Waals surface area (Å²) in [7, 11) is 0. The zero-order valence-corrected chi connectivity index (χ0v) is 7.81. The molecule has 0 bridgehead atoms. The first-order valence-corrected chi connectivity index (χ1v) is 4.50. The summed E-state index contributed by atoms with van der Waals surface area (Å²) in [5.41, 5.74) is 1.18. The molecule has 13 heavy (non-hydrogen) atoms. The lowest BCUT2D eigenvalue weighted by Crippen LogP contribution is -1.88. The Morgan fingerprint density at radius 3 is 2.62 bits per heavy atom.